The largest absolute Gasteiger partial charge is 0.465 e. The molecule has 0 unspecified atom stereocenters. The Morgan fingerprint density at radius 1 is 1.29 bits per heavy atom. The molecule has 1 aliphatic heterocycles. The van der Waals surface area contributed by atoms with Gasteiger partial charge in [0, 0.05) is 53.0 Å². The Morgan fingerprint density at radius 3 is 2.68 bits per heavy atom. The number of aromatic nitrogens is 3. The Balaban J connectivity index is 1.75. The van der Waals surface area contributed by atoms with E-state index < -0.39 is 14.2 Å². The van der Waals surface area contributed by atoms with Crippen molar-refractivity contribution in [3.8, 4) is 0 Å². The van der Waals surface area contributed by atoms with Crippen LogP contribution >= 0.6 is 0 Å². The molecule has 0 radical (unpaired) electrons. The van der Waals surface area contributed by atoms with Crippen LogP contribution in [0.3, 0.4) is 0 Å². The third kappa shape index (κ3) is 5.94. The van der Waals surface area contributed by atoms with Gasteiger partial charge in [-0.05, 0) is 13.0 Å². The van der Waals surface area contributed by atoms with Gasteiger partial charge in [0.05, 0.1) is 11.8 Å². The second kappa shape index (κ2) is 9.65. The Kier molecular flexibility index (Phi) is 7.16. The molecule has 0 bridgehead atoms. The fourth-order valence-electron chi connectivity index (χ4n) is 3.37. The van der Waals surface area contributed by atoms with Gasteiger partial charge in [-0.25, -0.2) is 14.8 Å². The summed E-state index contributed by atoms with van der Waals surface area (Å²) in [5.74, 6) is 0.731. The van der Waals surface area contributed by atoms with Gasteiger partial charge in [-0.1, -0.05) is 19.6 Å². The van der Waals surface area contributed by atoms with Gasteiger partial charge in [-0.2, -0.15) is 0 Å². The molecule has 0 atom stereocenters. The average Bonchev–Trinajstić information content (AvgIpc) is 3.01. The molecule has 3 heterocycles. The van der Waals surface area contributed by atoms with Crippen LogP contribution in [0.15, 0.2) is 12.4 Å². The van der Waals surface area contributed by atoms with Gasteiger partial charge in [-0.15, -0.1) is 0 Å². The van der Waals surface area contributed by atoms with E-state index >= 15 is 0 Å². The fraction of sp³-hybridized carbons (Fsp3) is 0.600. The van der Waals surface area contributed by atoms with E-state index in [1.807, 2.05) is 16.4 Å². The van der Waals surface area contributed by atoms with Crippen LogP contribution < -0.4 is 15.5 Å². The van der Waals surface area contributed by atoms with E-state index in [-0.39, 0.29) is 11.8 Å². The van der Waals surface area contributed by atoms with Gasteiger partial charge in [0.1, 0.15) is 18.1 Å². The van der Waals surface area contributed by atoms with Gasteiger partial charge >= 0.3 is 6.09 Å². The highest BCUT2D eigenvalue weighted by molar-refractivity contribution is 6.76. The lowest BCUT2D eigenvalue weighted by Gasteiger charge is -2.39. The quantitative estimate of drug-likeness (QED) is 0.376. The minimum Gasteiger partial charge on any atom is -0.465 e. The molecule has 170 valence electrons. The lowest BCUT2D eigenvalue weighted by atomic mass is 10.0. The van der Waals surface area contributed by atoms with Gasteiger partial charge in [0.15, 0.2) is 5.65 Å². The van der Waals surface area contributed by atoms with Gasteiger partial charge in [0.25, 0.3) is 5.91 Å². The molecule has 1 aliphatic rings. The summed E-state index contributed by atoms with van der Waals surface area (Å²) in [6.45, 7) is 12.1. The van der Waals surface area contributed by atoms with Crippen LogP contribution in [0.5, 0.6) is 0 Å². The summed E-state index contributed by atoms with van der Waals surface area (Å²) < 4.78 is 7.69. The Labute approximate surface area is 183 Å². The molecular formula is C20H32N6O4Si. The molecule has 10 nitrogen and oxygen atoms in total. The van der Waals surface area contributed by atoms with Crippen molar-refractivity contribution in [2.45, 2.75) is 39.3 Å². The first-order chi connectivity index (χ1) is 14.7. The van der Waals surface area contributed by atoms with Gasteiger partial charge in [-0.3, -0.25) is 4.79 Å². The van der Waals surface area contributed by atoms with Crippen molar-refractivity contribution in [1.29, 1.82) is 0 Å². The molecule has 2 aromatic heterocycles. The van der Waals surface area contributed by atoms with E-state index in [2.05, 4.69) is 35.3 Å². The first kappa shape index (κ1) is 23.0. The highest BCUT2D eigenvalue weighted by Gasteiger charge is 2.29. The molecule has 2 aromatic rings. The van der Waals surface area contributed by atoms with Crippen molar-refractivity contribution in [2.75, 3.05) is 37.7 Å². The number of fused-ring (bicyclic) bond motifs is 1. The van der Waals surface area contributed by atoms with Crippen LogP contribution in [0.2, 0.25) is 25.7 Å². The summed E-state index contributed by atoms with van der Waals surface area (Å²) in [4.78, 5) is 34.6. The predicted octanol–water partition coefficient (Wildman–Crippen LogP) is 2.20. The van der Waals surface area contributed by atoms with Gasteiger partial charge < -0.3 is 29.9 Å². The van der Waals surface area contributed by atoms with Crippen molar-refractivity contribution in [1.82, 2.24) is 25.2 Å². The van der Waals surface area contributed by atoms with Crippen LogP contribution in [0, 0.1) is 5.92 Å². The van der Waals surface area contributed by atoms with Crippen LogP contribution in [0.4, 0.5) is 10.6 Å². The number of nitrogens with one attached hydrogen (secondary N) is 2. The maximum atomic E-state index is 12.6. The standard InChI is InChI=1S/C20H32N6O4Si/c1-5-21-19(27)15-12-26(13-30-6-7-31(2,3)4)18-17(15)24-16(9-22-18)25-10-14(11-25)8-23-20(28)29/h9,12,14,23H,5-8,10-11,13H2,1-4H3,(H,21,27)(H,28,29). The highest BCUT2D eigenvalue weighted by atomic mass is 28.3. The molecule has 0 saturated carbocycles. The zero-order valence-electron chi connectivity index (χ0n) is 18.6. The zero-order valence-corrected chi connectivity index (χ0v) is 19.6. The molecule has 2 amide bonds. The number of hydrogen-bond donors (Lipinski definition) is 3. The van der Waals surface area contributed by atoms with E-state index in [9.17, 15) is 9.59 Å². The molecule has 0 aliphatic carbocycles. The summed E-state index contributed by atoms with van der Waals surface area (Å²) in [5.41, 5.74) is 1.64. The number of hydrogen-bond acceptors (Lipinski definition) is 6. The first-order valence-electron chi connectivity index (χ1n) is 10.6. The van der Waals surface area contributed by atoms with Crippen molar-refractivity contribution < 1.29 is 19.4 Å². The number of carbonyl (C=O) groups excluding carboxylic acids is 1. The van der Waals surface area contributed by atoms with E-state index in [4.69, 9.17) is 14.8 Å². The summed E-state index contributed by atoms with van der Waals surface area (Å²) >= 11 is 0. The van der Waals surface area contributed by atoms with E-state index in [1.54, 1.807) is 12.4 Å². The maximum Gasteiger partial charge on any atom is 0.404 e. The van der Waals surface area contributed by atoms with Crippen molar-refractivity contribution in [3.05, 3.63) is 18.0 Å². The lowest BCUT2D eigenvalue weighted by molar-refractivity contribution is 0.0892. The molecule has 31 heavy (non-hydrogen) atoms. The van der Waals surface area contributed by atoms with Crippen LogP contribution in [0.25, 0.3) is 11.2 Å². The summed E-state index contributed by atoms with van der Waals surface area (Å²) in [6.07, 6.45) is 2.44. The fourth-order valence-corrected chi connectivity index (χ4v) is 4.13. The number of ether oxygens (including phenoxy) is 1. The number of nitrogens with zero attached hydrogens (tertiary/aromatic N) is 4. The zero-order chi connectivity index (χ0) is 22.6. The summed E-state index contributed by atoms with van der Waals surface area (Å²) in [6, 6.07) is 1.07. The smallest absolute Gasteiger partial charge is 0.404 e. The van der Waals surface area contributed by atoms with Crippen LogP contribution in [-0.2, 0) is 11.5 Å². The molecule has 11 heteroatoms. The number of rotatable bonds is 10. The van der Waals surface area contributed by atoms with E-state index in [1.165, 1.54) is 0 Å². The molecule has 0 aromatic carbocycles. The molecule has 0 spiro atoms. The Morgan fingerprint density at radius 2 is 2.03 bits per heavy atom. The predicted molar refractivity (Wildman–Crippen MR) is 121 cm³/mol. The monoisotopic (exact) mass is 448 g/mol. The van der Waals surface area contributed by atoms with Crippen molar-refractivity contribution >= 4 is 37.1 Å². The number of amides is 2. The third-order valence-corrected chi connectivity index (χ3v) is 6.89. The van der Waals surface area contributed by atoms with Crippen LogP contribution in [-0.4, -0.2) is 72.5 Å². The molecule has 3 N–H and O–H groups in total. The Hall–Kier alpha value is -2.66. The third-order valence-electron chi connectivity index (χ3n) is 5.18. The van der Waals surface area contributed by atoms with Crippen molar-refractivity contribution in [2.24, 2.45) is 5.92 Å². The lowest BCUT2D eigenvalue weighted by Crippen LogP contribution is -2.51. The minimum absolute atomic E-state index is 0.188. The molecular weight excluding hydrogens is 416 g/mol. The SMILES string of the molecule is CCNC(=O)c1cn(COCC[Si](C)(C)C)c2ncc(N3CC(CNC(=O)O)C3)nc12. The normalized spacial score (nSPS) is 14.5. The highest BCUT2D eigenvalue weighted by Crippen LogP contribution is 2.26. The van der Waals surface area contributed by atoms with Gasteiger partial charge in [0.2, 0.25) is 0 Å². The molecule has 3 rings (SSSR count). The minimum atomic E-state index is -1.18. The molecule has 1 fully saturated rings. The van der Waals surface area contributed by atoms with Crippen molar-refractivity contribution in [3.63, 3.8) is 0 Å². The topological polar surface area (TPSA) is 122 Å². The second-order valence-electron chi connectivity index (χ2n) is 9.08. The van der Waals surface area contributed by atoms with Crippen LogP contribution in [0.1, 0.15) is 17.3 Å². The first-order valence-corrected chi connectivity index (χ1v) is 14.3. The molecule has 1 saturated heterocycles. The number of carboxylic acid groups (broad SMARTS) is 1. The summed E-state index contributed by atoms with van der Waals surface area (Å²) in [5, 5.41) is 14.0. The number of anilines is 1. The summed E-state index contributed by atoms with van der Waals surface area (Å²) in [7, 11) is -1.18. The second-order valence-corrected chi connectivity index (χ2v) is 14.7. The number of carbonyl (C=O) groups is 2. The Bertz CT molecular complexity index is 936. The average molecular weight is 449 g/mol. The van der Waals surface area contributed by atoms with E-state index in [0.717, 1.165) is 6.04 Å². The maximum absolute atomic E-state index is 12.6. The van der Waals surface area contributed by atoms with E-state index in [0.29, 0.717) is 62.1 Å².